The number of hydrogen-bond donors (Lipinski definition) is 1. The summed E-state index contributed by atoms with van der Waals surface area (Å²) in [4.78, 5) is 25.8. The Hall–Kier alpha value is -2.86. The third kappa shape index (κ3) is 4.43. The standard InChI is InChI=1S/C23H25NO5/c25-22(26)18-8-6-17(7-9-18)21-12-19(20-14-28-15-20)10-11-24(21)23(27)29-13-16-4-2-1-3-5-16/h1-9,19-21H,10-15H2,(H,25,26). The first-order valence-electron chi connectivity index (χ1n) is 10.00. The Labute approximate surface area is 170 Å². The van der Waals surface area contributed by atoms with Gasteiger partial charge in [-0.3, -0.25) is 0 Å². The second-order valence-electron chi connectivity index (χ2n) is 7.76. The molecule has 2 fully saturated rings. The summed E-state index contributed by atoms with van der Waals surface area (Å²) < 4.78 is 10.9. The van der Waals surface area contributed by atoms with Crippen LogP contribution in [-0.4, -0.2) is 41.8 Å². The van der Waals surface area contributed by atoms with Gasteiger partial charge in [0.25, 0.3) is 0 Å². The summed E-state index contributed by atoms with van der Waals surface area (Å²) >= 11 is 0. The van der Waals surface area contributed by atoms with Gasteiger partial charge in [-0.05, 0) is 42.0 Å². The van der Waals surface area contributed by atoms with Crippen molar-refractivity contribution in [1.82, 2.24) is 4.90 Å². The van der Waals surface area contributed by atoms with E-state index in [9.17, 15) is 9.59 Å². The summed E-state index contributed by atoms with van der Waals surface area (Å²) in [5.74, 6) is 0.0770. The SMILES string of the molecule is O=C(O)c1ccc(C2CC(C3COC3)CCN2C(=O)OCc2ccccc2)cc1. The van der Waals surface area contributed by atoms with Crippen molar-refractivity contribution in [3.05, 3.63) is 71.3 Å². The summed E-state index contributed by atoms with van der Waals surface area (Å²) in [6.45, 7) is 2.43. The summed E-state index contributed by atoms with van der Waals surface area (Å²) in [6.07, 6.45) is 1.43. The number of carbonyl (C=O) groups excluding carboxylic acids is 1. The van der Waals surface area contributed by atoms with Crippen LogP contribution in [0.3, 0.4) is 0 Å². The minimum Gasteiger partial charge on any atom is -0.478 e. The normalized spacial score (nSPS) is 22.0. The first kappa shape index (κ1) is 19.5. The molecule has 2 aliphatic heterocycles. The monoisotopic (exact) mass is 395 g/mol. The lowest BCUT2D eigenvalue weighted by Crippen LogP contribution is -2.46. The van der Waals surface area contributed by atoms with Crippen molar-refractivity contribution >= 4 is 12.1 Å². The fourth-order valence-electron chi connectivity index (χ4n) is 4.13. The van der Waals surface area contributed by atoms with E-state index in [1.807, 2.05) is 42.5 Å². The lowest BCUT2D eigenvalue weighted by molar-refractivity contribution is -0.0780. The second-order valence-corrected chi connectivity index (χ2v) is 7.76. The Bertz CT molecular complexity index is 847. The van der Waals surface area contributed by atoms with Crippen LogP contribution in [-0.2, 0) is 16.1 Å². The molecule has 152 valence electrons. The van der Waals surface area contributed by atoms with Crippen LogP contribution in [0.5, 0.6) is 0 Å². The third-order valence-corrected chi connectivity index (χ3v) is 5.96. The molecule has 2 atom stereocenters. The first-order valence-corrected chi connectivity index (χ1v) is 10.00. The number of piperidine rings is 1. The van der Waals surface area contributed by atoms with Gasteiger partial charge in [0, 0.05) is 12.5 Å². The Kier molecular flexibility index (Phi) is 5.81. The van der Waals surface area contributed by atoms with Gasteiger partial charge in [-0.15, -0.1) is 0 Å². The van der Waals surface area contributed by atoms with Gasteiger partial charge in [0.05, 0.1) is 24.8 Å². The maximum Gasteiger partial charge on any atom is 0.410 e. The van der Waals surface area contributed by atoms with Gasteiger partial charge in [0.15, 0.2) is 0 Å². The Morgan fingerprint density at radius 2 is 1.76 bits per heavy atom. The van der Waals surface area contributed by atoms with Crippen LogP contribution in [0, 0.1) is 11.8 Å². The minimum atomic E-state index is -0.955. The van der Waals surface area contributed by atoms with E-state index in [4.69, 9.17) is 14.6 Å². The molecule has 2 aliphatic rings. The van der Waals surface area contributed by atoms with E-state index >= 15 is 0 Å². The molecule has 2 aromatic rings. The summed E-state index contributed by atoms with van der Waals surface area (Å²) in [7, 11) is 0. The smallest absolute Gasteiger partial charge is 0.410 e. The highest BCUT2D eigenvalue weighted by Crippen LogP contribution is 2.40. The van der Waals surface area contributed by atoms with Crippen molar-refractivity contribution in [3.63, 3.8) is 0 Å². The molecule has 6 heteroatoms. The number of likely N-dealkylation sites (tertiary alicyclic amines) is 1. The van der Waals surface area contributed by atoms with Gasteiger partial charge in [0.1, 0.15) is 6.61 Å². The average Bonchev–Trinajstić information content (AvgIpc) is 2.71. The maximum absolute atomic E-state index is 12.9. The number of carbonyl (C=O) groups is 2. The zero-order valence-electron chi connectivity index (χ0n) is 16.2. The van der Waals surface area contributed by atoms with Crippen molar-refractivity contribution in [2.24, 2.45) is 11.8 Å². The molecule has 1 N–H and O–H groups in total. The molecule has 0 radical (unpaired) electrons. The number of carboxylic acid groups (broad SMARTS) is 1. The van der Waals surface area contributed by atoms with Crippen LogP contribution >= 0.6 is 0 Å². The minimum absolute atomic E-state index is 0.125. The molecule has 2 aromatic carbocycles. The summed E-state index contributed by atoms with van der Waals surface area (Å²) in [5, 5.41) is 9.16. The zero-order valence-corrected chi connectivity index (χ0v) is 16.2. The van der Waals surface area contributed by atoms with Crippen molar-refractivity contribution in [3.8, 4) is 0 Å². The molecule has 2 unspecified atom stereocenters. The Morgan fingerprint density at radius 3 is 2.38 bits per heavy atom. The highest BCUT2D eigenvalue weighted by molar-refractivity contribution is 5.87. The molecule has 0 bridgehead atoms. The summed E-state index contributed by atoms with van der Waals surface area (Å²) in [5.41, 5.74) is 2.13. The van der Waals surface area contributed by atoms with Crippen molar-refractivity contribution in [2.75, 3.05) is 19.8 Å². The molecule has 0 aromatic heterocycles. The van der Waals surface area contributed by atoms with Gasteiger partial charge in [-0.25, -0.2) is 9.59 Å². The number of nitrogens with zero attached hydrogens (tertiary/aromatic N) is 1. The Balaban J connectivity index is 1.50. The first-order chi connectivity index (χ1) is 14.1. The quantitative estimate of drug-likeness (QED) is 0.824. The van der Waals surface area contributed by atoms with E-state index in [0.29, 0.717) is 18.4 Å². The van der Waals surface area contributed by atoms with Crippen LogP contribution in [0.15, 0.2) is 54.6 Å². The molecule has 4 rings (SSSR count). The van der Waals surface area contributed by atoms with Gasteiger partial charge < -0.3 is 19.5 Å². The van der Waals surface area contributed by atoms with Gasteiger partial charge in [-0.2, -0.15) is 0 Å². The van der Waals surface area contributed by atoms with Crippen LogP contribution in [0.1, 0.15) is 40.4 Å². The molecule has 29 heavy (non-hydrogen) atoms. The fourth-order valence-corrected chi connectivity index (χ4v) is 4.13. The second kappa shape index (κ2) is 8.66. The van der Waals surface area contributed by atoms with Crippen molar-refractivity contribution < 1.29 is 24.2 Å². The van der Waals surface area contributed by atoms with E-state index in [1.165, 1.54) is 0 Å². The van der Waals surface area contributed by atoms with Gasteiger partial charge >= 0.3 is 12.1 Å². The highest BCUT2D eigenvalue weighted by atomic mass is 16.6. The molecular formula is C23H25NO5. The topological polar surface area (TPSA) is 76.1 Å². The molecule has 6 nitrogen and oxygen atoms in total. The highest BCUT2D eigenvalue weighted by Gasteiger charge is 2.38. The number of ether oxygens (including phenoxy) is 2. The largest absolute Gasteiger partial charge is 0.478 e. The number of aromatic carboxylic acids is 1. The molecule has 1 amide bonds. The van der Waals surface area contributed by atoms with E-state index in [1.54, 1.807) is 17.0 Å². The summed E-state index contributed by atoms with van der Waals surface area (Å²) in [6, 6.07) is 16.3. The zero-order chi connectivity index (χ0) is 20.2. The molecule has 2 heterocycles. The fraction of sp³-hybridized carbons (Fsp3) is 0.391. The predicted molar refractivity (Wildman–Crippen MR) is 107 cm³/mol. The van der Waals surface area contributed by atoms with Crippen molar-refractivity contribution in [1.29, 1.82) is 0 Å². The molecule has 0 saturated carbocycles. The van der Waals surface area contributed by atoms with E-state index < -0.39 is 5.97 Å². The van der Waals surface area contributed by atoms with Gasteiger partial charge in [-0.1, -0.05) is 42.5 Å². The van der Waals surface area contributed by atoms with E-state index in [2.05, 4.69) is 0 Å². The maximum atomic E-state index is 12.9. The van der Waals surface area contributed by atoms with Crippen LogP contribution in [0.25, 0.3) is 0 Å². The number of benzene rings is 2. The number of hydrogen-bond acceptors (Lipinski definition) is 4. The van der Waals surface area contributed by atoms with Gasteiger partial charge in [0.2, 0.25) is 0 Å². The van der Waals surface area contributed by atoms with Crippen LogP contribution in [0.4, 0.5) is 4.79 Å². The average molecular weight is 395 g/mol. The lowest BCUT2D eigenvalue weighted by Gasteiger charge is -2.43. The lowest BCUT2D eigenvalue weighted by atomic mass is 9.78. The predicted octanol–water partition coefficient (Wildman–Crippen LogP) is 4.12. The molecule has 0 spiro atoms. The van der Waals surface area contributed by atoms with E-state index in [0.717, 1.165) is 37.2 Å². The third-order valence-electron chi connectivity index (χ3n) is 5.96. The number of amides is 1. The van der Waals surface area contributed by atoms with Crippen LogP contribution < -0.4 is 0 Å². The number of carboxylic acids is 1. The number of rotatable bonds is 5. The molecular weight excluding hydrogens is 370 g/mol. The Morgan fingerprint density at radius 1 is 1.03 bits per heavy atom. The van der Waals surface area contributed by atoms with Crippen molar-refractivity contribution in [2.45, 2.75) is 25.5 Å². The van der Waals surface area contributed by atoms with Crippen LogP contribution in [0.2, 0.25) is 0 Å². The molecule has 2 saturated heterocycles. The van der Waals surface area contributed by atoms with E-state index in [-0.39, 0.29) is 24.3 Å². The molecule has 0 aliphatic carbocycles.